The highest BCUT2D eigenvalue weighted by Crippen LogP contribution is 2.15. The van der Waals surface area contributed by atoms with E-state index in [1.165, 1.54) is 16.0 Å². The Morgan fingerprint density at radius 2 is 1.59 bits per heavy atom. The van der Waals surface area contributed by atoms with Crippen molar-refractivity contribution in [3.05, 3.63) is 98.1 Å². The lowest BCUT2D eigenvalue weighted by atomic mass is 10.1. The van der Waals surface area contributed by atoms with Crippen LogP contribution in [0.3, 0.4) is 0 Å². The van der Waals surface area contributed by atoms with Crippen molar-refractivity contribution in [3.8, 4) is 0 Å². The molecule has 2 aromatic carbocycles. The predicted molar refractivity (Wildman–Crippen MR) is 129 cm³/mol. The Labute approximate surface area is 198 Å². The molecule has 0 atom stereocenters. The number of hydrogen-bond donors (Lipinski definition) is 3. The number of rotatable bonds is 6. The molecule has 0 spiro atoms. The number of carbonyl (C=O) groups excluding carboxylic acids is 3. The van der Waals surface area contributed by atoms with E-state index in [9.17, 15) is 19.2 Å². The topological polar surface area (TPSA) is 122 Å². The number of hydrazine groups is 1. The molecule has 0 aliphatic heterocycles. The summed E-state index contributed by atoms with van der Waals surface area (Å²) in [5.74, 6) is -1.68. The molecule has 0 saturated heterocycles. The van der Waals surface area contributed by atoms with Crippen LogP contribution in [-0.4, -0.2) is 34.0 Å². The number of amides is 3. The minimum Gasteiger partial charge on any atom is -0.342 e. The quantitative estimate of drug-likeness (QED) is 0.368. The summed E-state index contributed by atoms with van der Waals surface area (Å²) in [4.78, 5) is 51.4. The van der Waals surface area contributed by atoms with Gasteiger partial charge < -0.3 is 5.32 Å². The van der Waals surface area contributed by atoms with Crippen LogP contribution in [-0.2, 0) is 11.3 Å². The molecule has 0 radical (unpaired) electrons. The monoisotopic (exact) mass is 475 g/mol. The van der Waals surface area contributed by atoms with Gasteiger partial charge in [-0.1, -0.05) is 48.5 Å². The lowest BCUT2D eigenvalue weighted by molar-refractivity contribution is -0.120. The van der Waals surface area contributed by atoms with E-state index in [0.29, 0.717) is 15.6 Å². The van der Waals surface area contributed by atoms with Gasteiger partial charge in [0.2, 0.25) is 0 Å². The Morgan fingerprint density at radius 1 is 0.882 bits per heavy atom. The molecule has 172 valence electrons. The molecular formula is C24H21N5O4S. The lowest BCUT2D eigenvalue weighted by Gasteiger charge is -2.12. The summed E-state index contributed by atoms with van der Waals surface area (Å²) in [7, 11) is 0. The van der Waals surface area contributed by atoms with Crippen LogP contribution in [0.25, 0.3) is 10.8 Å². The minimum atomic E-state index is -0.688. The van der Waals surface area contributed by atoms with Crippen molar-refractivity contribution in [2.24, 2.45) is 0 Å². The zero-order valence-corrected chi connectivity index (χ0v) is 19.0. The van der Waals surface area contributed by atoms with Crippen molar-refractivity contribution in [2.75, 3.05) is 6.54 Å². The van der Waals surface area contributed by atoms with Gasteiger partial charge in [-0.3, -0.25) is 30.0 Å². The van der Waals surface area contributed by atoms with Gasteiger partial charge in [0, 0.05) is 10.3 Å². The zero-order chi connectivity index (χ0) is 24.1. The first-order valence-corrected chi connectivity index (χ1v) is 11.2. The van der Waals surface area contributed by atoms with E-state index in [4.69, 9.17) is 0 Å². The van der Waals surface area contributed by atoms with Gasteiger partial charge in [0.25, 0.3) is 23.3 Å². The molecular weight excluding hydrogens is 454 g/mol. The van der Waals surface area contributed by atoms with Crippen molar-refractivity contribution in [2.45, 2.75) is 13.5 Å². The first-order chi connectivity index (χ1) is 16.4. The smallest absolute Gasteiger partial charge is 0.290 e. The maximum atomic E-state index is 12.9. The van der Waals surface area contributed by atoms with Crippen molar-refractivity contribution in [1.82, 2.24) is 25.9 Å². The third-order valence-corrected chi connectivity index (χ3v) is 5.95. The van der Waals surface area contributed by atoms with Crippen molar-refractivity contribution in [3.63, 3.8) is 0 Å². The Hall–Kier alpha value is -4.31. The van der Waals surface area contributed by atoms with Crippen LogP contribution in [0, 0.1) is 6.92 Å². The standard InChI is InChI=1S/C24H21N5O4S/c1-15-11-12-19(34-15)22(31)25-13-20(30)26-27-23(32)21-17-9-5-6-10-18(17)24(33)29(28-21)14-16-7-3-2-4-8-16/h2-12H,13-14H2,1H3,(H,25,31)(H,26,30)(H,27,32). The first-order valence-electron chi connectivity index (χ1n) is 10.4. The van der Waals surface area contributed by atoms with Crippen LogP contribution < -0.4 is 21.7 Å². The second-order valence-electron chi connectivity index (χ2n) is 7.44. The van der Waals surface area contributed by atoms with Crippen LogP contribution >= 0.6 is 11.3 Å². The van der Waals surface area contributed by atoms with Crippen molar-refractivity contribution < 1.29 is 14.4 Å². The molecule has 3 N–H and O–H groups in total. The second kappa shape index (κ2) is 10.1. The van der Waals surface area contributed by atoms with Gasteiger partial charge in [-0.05, 0) is 30.7 Å². The summed E-state index contributed by atoms with van der Waals surface area (Å²) < 4.78 is 1.22. The molecule has 3 amide bonds. The molecule has 4 aromatic rings. The summed E-state index contributed by atoms with van der Waals surface area (Å²) in [6, 6.07) is 19.4. The molecule has 9 nitrogen and oxygen atoms in total. The molecule has 4 rings (SSSR count). The Balaban J connectivity index is 1.47. The molecule has 0 aliphatic carbocycles. The highest BCUT2D eigenvalue weighted by atomic mass is 32.1. The number of carbonyl (C=O) groups is 3. The molecule has 2 heterocycles. The second-order valence-corrected chi connectivity index (χ2v) is 8.73. The SMILES string of the molecule is Cc1ccc(C(=O)NCC(=O)NNC(=O)c2nn(Cc3ccccc3)c(=O)c3ccccc23)s1. The maximum absolute atomic E-state index is 12.9. The molecule has 2 aromatic heterocycles. The predicted octanol–water partition coefficient (Wildman–Crippen LogP) is 2.01. The van der Waals surface area contributed by atoms with Crippen LogP contribution in [0.15, 0.2) is 71.5 Å². The molecule has 0 aliphatic rings. The largest absolute Gasteiger partial charge is 0.342 e. The molecule has 0 saturated carbocycles. The van der Waals surface area contributed by atoms with Gasteiger partial charge >= 0.3 is 0 Å². The number of aryl methyl sites for hydroxylation is 1. The highest BCUT2D eigenvalue weighted by molar-refractivity contribution is 7.13. The Morgan fingerprint density at radius 3 is 2.29 bits per heavy atom. The van der Waals surface area contributed by atoms with Gasteiger partial charge in [0.05, 0.1) is 23.4 Å². The number of benzene rings is 2. The number of aromatic nitrogens is 2. The summed E-state index contributed by atoms with van der Waals surface area (Å²) in [6.07, 6.45) is 0. The first kappa shape index (κ1) is 22.9. The van der Waals surface area contributed by atoms with E-state index >= 15 is 0 Å². The summed E-state index contributed by atoms with van der Waals surface area (Å²) >= 11 is 1.32. The minimum absolute atomic E-state index is 0.00970. The van der Waals surface area contributed by atoms with Crippen LogP contribution in [0.4, 0.5) is 0 Å². The number of nitrogens with zero attached hydrogens (tertiary/aromatic N) is 2. The van der Waals surface area contributed by atoms with Crippen LogP contribution in [0.5, 0.6) is 0 Å². The molecule has 34 heavy (non-hydrogen) atoms. The average Bonchev–Trinajstić information content (AvgIpc) is 3.30. The zero-order valence-electron chi connectivity index (χ0n) is 18.2. The summed E-state index contributed by atoms with van der Waals surface area (Å²) in [5, 5.41) is 7.46. The summed E-state index contributed by atoms with van der Waals surface area (Å²) in [5.41, 5.74) is 5.08. The third-order valence-electron chi connectivity index (χ3n) is 4.95. The number of fused-ring (bicyclic) bond motifs is 1. The molecule has 0 bridgehead atoms. The van der Waals surface area contributed by atoms with Gasteiger partial charge in [-0.15, -0.1) is 11.3 Å². The van der Waals surface area contributed by atoms with Gasteiger partial charge in [-0.25, -0.2) is 4.68 Å². The molecule has 0 unspecified atom stereocenters. The fourth-order valence-electron chi connectivity index (χ4n) is 3.30. The average molecular weight is 476 g/mol. The van der Waals surface area contributed by atoms with Crippen molar-refractivity contribution in [1.29, 1.82) is 0 Å². The number of thiophene rings is 1. The van der Waals surface area contributed by atoms with Gasteiger partial charge in [0.15, 0.2) is 5.69 Å². The lowest BCUT2D eigenvalue weighted by Crippen LogP contribution is -2.47. The van der Waals surface area contributed by atoms with Gasteiger partial charge in [-0.2, -0.15) is 5.10 Å². The summed E-state index contributed by atoms with van der Waals surface area (Å²) in [6.45, 7) is 1.74. The highest BCUT2D eigenvalue weighted by Gasteiger charge is 2.18. The third kappa shape index (κ3) is 5.18. The van der Waals surface area contributed by atoms with Crippen LogP contribution in [0.2, 0.25) is 0 Å². The normalized spacial score (nSPS) is 10.6. The maximum Gasteiger partial charge on any atom is 0.290 e. The van der Waals surface area contributed by atoms with Crippen molar-refractivity contribution >= 4 is 39.8 Å². The fraction of sp³-hybridized carbons (Fsp3) is 0.125. The molecule has 0 fully saturated rings. The number of nitrogens with one attached hydrogen (secondary N) is 3. The van der Waals surface area contributed by atoms with E-state index in [0.717, 1.165) is 10.4 Å². The number of hydrogen-bond acceptors (Lipinski definition) is 6. The van der Waals surface area contributed by atoms with E-state index < -0.39 is 11.8 Å². The van der Waals surface area contributed by atoms with E-state index in [1.807, 2.05) is 43.3 Å². The Kier molecular flexibility index (Phi) is 6.79. The Bertz CT molecular complexity index is 1430. The fourth-order valence-corrected chi connectivity index (χ4v) is 4.08. The van der Waals surface area contributed by atoms with Crippen LogP contribution in [0.1, 0.15) is 30.6 Å². The van der Waals surface area contributed by atoms with E-state index in [2.05, 4.69) is 21.3 Å². The molecule has 10 heteroatoms. The van der Waals surface area contributed by atoms with Gasteiger partial charge in [0.1, 0.15) is 0 Å². The van der Waals surface area contributed by atoms with E-state index in [1.54, 1.807) is 30.3 Å². The van der Waals surface area contributed by atoms with E-state index in [-0.39, 0.29) is 30.2 Å².